The van der Waals surface area contributed by atoms with Crippen molar-refractivity contribution in [2.75, 3.05) is 20.1 Å². The summed E-state index contributed by atoms with van der Waals surface area (Å²) in [7, 11) is 1.69. The Morgan fingerprint density at radius 1 is 1.05 bits per heavy atom. The second kappa shape index (κ2) is 13.5. The second-order valence-electron chi connectivity index (χ2n) is 10.2. The summed E-state index contributed by atoms with van der Waals surface area (Å²) in [6.45, 7) is 5.82. The first-order chi connectivity index (χ1) is 20.0. The van der Waals surface area contributed by atoms with Gasteiger partial charge in [-0.1, -0.05) is 23.7 Å². The Kier molecular flexibility index (Phi) is 9.85. The van der Waals surface area contributed by atoms with E-state index in [4.69, 9.17) is 21.1 Å². The molecule has 0 saturated carbocycles. The van der Waals surface area contributed by atoms with E-state index in [1.165, 1.54) is 24.3 Å². The molecule has 10 heteroatoms. The second-order valence-corrected chi connectivity index (χ2v) is 10.7. The average Bonchev–Trinajstić information content (AvgIpc) is 2.94. The molecule has 1 unspecified atom stereocenters. The number of carbonyl (C=O) groups excluding carboxylic acids is 3. The van der Waals surface area contributed by atoms with Crippen LogP contribution in [0.3, 0.4) is 0 Å². The lowest BCUT2D eigenvalue weighted by atomic mass is 9.93. The monoisotopic (exact) mass is 593 g/mol. The van der Waals surface area contributed by atoms with Crippen LogP contribution in [-0.2, 0) is 9.53 Å². The van der Waals surface area contributed by atoms with Crippen LogP contribution >= 0.6 is 11.6 Å². The van der Waals surface area contributed by atoms with Crippen molar-refractivity contribution in [3.63, 3.8) is 0 Å². The van der Waals surface area contributed by atoms with E-state index in [1.54, 1.807) is 80.1 Å². The van der Waals surface area contributed by atoms with Crippen molar-refractivity contribution < 1.29 is 28.2 Å². The minimum Gasteiger partial charge on any atom is -0.459 e. The van der Waals surface area contributed by atoms with Crippen molar-refractivity contribution in [1.82, 2.24) is 15.1 Å². The number of nitrogens with zero attached hydrogens (tertiary/aromatic N) is 2. The van der Waals surface area contributed by atoms with Gasteiger partial charge in [0.25, 0.3) is 5.91 Å². The van der Waals surface area contributed by atoms with E-state index in [0.717, 1.165) is 0 Å². The number of ether oxygens (including phenoxy) is 2. The van der Waals surface area contributed by atoms with Gasteiger partial charge in [-0.3, -0.25) is 4.79 Å². The zero-order valence-electron chi connectivity index (χ0n) is 23.9. The summed E-state index contributed by atoms with van der Waals surface area (Å²) in [4.78, 5) is 42.5. The highest BCUT2D eigenvalue weighted by molar-refractivity contribution is 6.30. The van der Waals surface area contributed by atoms with Gasteiger partial charge in [-0.05, 0) is 93.4 Å². The van der Waals surface area contributed by atoms with Crippen molar-refractivity contribution in [3.8, 4) is 11.5 Å². The van der Waals surface area contributed by atoms with Crippen LogP contribution in [0.25, 0.3) is 0 Å². The van der Waals surface area contributed by atoms with E-state index in [-0.39, 0.29) is 30.4 Å². The van der Waals surface area contributed by atoms with Gasteiger partial charge in [-0.2, -0.15) is 0 Å². The maximum absolute atomic E-state index is 13.2. The third-order valence-corrected chi connectivity index (χ3v) is 6.90. The lowest BCUT2D eigenvalue weighted by Gasteiger charge is -2.38. The molecule has 0 fully saturated rings. The van der Waals surface area contributed by atoms with Crippen molar-refractivity contribution in [1.29, 1.82) is 0 Å². The molecule has 1 atom stereocenters. The quantitative estimate of drug-likeness (QED) is 0.264. The topological polar surface area (TPSA) is 88.2 Å². The first kappa shape index (κ1) is 30.6. The Bertz CT molecular complexity index is 1470. The summed E-state index contributed by atoms with van der Waals surface area (Å²) >= 11 is 6.27. The van der Waals surface area contributed by atoms with E-state index >= 15 is 0 Å². The zero-order valence-corrected chi connectivity index (χ0v) is 24.7. The first-order valence-corrected chi connectivity index (χ1v) is 13.9. The van der Waals surface area contributed by atoms with Crippen molar-refractivity contribution >= 4 is 29.5 Å². The lowest BCUT2D eigenvalue weighted by Crippen LogP contribution is -2.49. The number of benzene rings is 3. The van der Waals surface area contributed by atoms with Gasteiger partial charge < -0.3 is 24.6 Å². The van der Waals surface area contributed by atoms with Gasteiger partial charge >= 0.3 is 12.0 Å². The van der Waals surface area contributed by atoms with Gasteiger partial charge in [0.2, 0.25) is 0 Å². The molecule has 3 aromatic carbocycles. The molecule has 0 aromatic heterocycles. The number of hydrogen-bond donors (Lipinski definition) is 1. The Labute approximate surface area is 249 Å². The fraction of sp³-hybridized carbons (Fsp3) is 0.281. The smallest absolute Gasteiger partial charge is 0.338 e. The number of nitrogens with one attached hydrogen (secondary N) is 1. The molecular formula is C32H33ClFN3O5. The van der Waals surface area contributed by atoms with Crippen molar-refractivity contribution in [2.24, 2.45) is 0 Å². The number of amides is 3. The number of allylic oxidation sites excluding steroid dienone is 1. The molecule has 1 heterocycles. The summed E-state index contributed by atoms with van der Waals surface area (Å²) in [5.74, 6) is -0.0746. The predicted molar refractivity (Wildman–Crippen MR) is 158 cm³/mol. The average molecular weight is 594 g/mol. The van der Waals surface area contributed by atoms with E-state index in [2.05, 4.69) is 5.32 Å². The van der Waals surface area contributed by atoms with Crippen LogP contribution < -0.4 is 10.1 Å². The van der Waals surface area contributed by atoms with E-state index in [0.29, 0.717) is 51.9 Å². The molecule has 1 N–H and O–H groups in total. The molecule has 3 aromatic rings. The molecule has 4 rings (SSSR count). The number of rotatable bonds is 10. The van der Waals surface area contributed by atoms with Gasteiger partial charge in [0.15, 0.2) is 0 Å². The number of carbonyl (C=O) groups is 3. The fourth-order valence-corrected chi connectivity index (χ4v) is 4.88. The number of hydrogen-bond acceptors (Lipinski definition) is 5. The highest BCUT2D eigenvalue weighted by Gasteiger charge is 2.38. The van der Waals surface area contributed by atoms with Crippen LogP contribution in [0.4, 0.5) is 9.18 Å². The molecule has 0 aliphatic carbocycles. The third-order valence-electron chi connectivity index (χ3n) is 6.66. The summed E-state index contributed by atoms with van der Waals surface area (Å²) in [5.41, 5.74) is 1.90. The molecule has 8 nitrogen and oxygen atoms in total. The Balaban J connectivity index is 1.44. The molecule has 0 spiro atoms. The normalized spacial score (nSPS) is 15.0. The van der Waals surface area contributed by atoms with Crippen molar-refractivity contribution in [2.45, 2.75) is 39.3 Å². The highest BCUT2D eigenvalue weighted by atomic mass is 35.5. The lowest BCUT2D eigenvalue weighted by molar-refractivity contribution is -0.143. The van der Waals surface area contributed by atoms with Crippen LogP contribution in [0.2, 0.25) is 5.02 Å². The SMILES string of the molecule is CC1=C(C(=O)OC(C)C)C(c2cccc(Cl)c2)N(CCCN(C)C(=O)c2ccc(Oc3ccc(F)cc3)cc2)C(=O)N1. The summed E-state index contributed by atoms with van der Waals surface area (Å²) in [6.07, 6.45) is 0.108. The molecule has 0 saturated heterocycles. The van der Waals surface area contributed by atoms with Crippen LogP contribution in [0.15, 0.2) is 84.1 Å². The molecule has 3 amide bonds. The summed E-state index contributed by atoms with van der Waals surface area (Å²) in [5, 5.41) is 3.26. The van der Waals surface area contributed by atoms with Gasteiger partial charge in [0, 0.05) is 36.4 Å². The Morgan fingerprint density at radius 2 is 1.69 bits per heavy atom. The number of halogens is 2. The van der Waals surface area contributed by atoms with E-state index < -0.39 is 12.0 Å². The van der Waals surface area contributed by atoms with Crippen LogP contribution in [-0.4, -0.2) is 53.9 Å². The molecule has 42 heavy (non-hydrogen) atoms. The van der Waals surface area contributed by atoms with Gasteiger partial charge in [0.1, 0.15) is 17.3 Å². The van der Waals surface area contributed by atoms with E-state index in [1.807, 2.05) is 6.07 Å². The Hall–Kier alpha value is -4.37. The summed E-state index contributed by atoms with van der Waals surface area (Å²) in [6, 6.07) is 18.3. The summed E-state index contributed by atoms with van der Waals surface area (Å²) < 4.78 is 24.3. The maximum atomic E-state index is 13.2. The Morgan fingerprint density at radius 3 is 2.31 bits per heavy atom. The third kappa shape index (κ3) is 7.47. The minimum absolute atomic E-state index is 0.199. The van der Waals surface area contributed by atoms with E-state index in [9.17, 15) is 18.8 Å². The van der Waals surface area contributed by atoms with Crippen LogP contribution in [0.1, 0.15) is 49.2 Å². The largest absolute Gasteiger partial charge is 0.459 e. The fourth-order valence-electron chi connectivity index (χ4n) is 4.68. The molecule has 0 bridgehead atoms. The predicted octanol–water partition coefficient (Wildman–Crippen LogP) is 6.73. The standard InChI is InChI=1S/C32H33ClFN3O5/c1-20(2)41-31(39)28-21(3)35-32(40)37(29(28)23-7-5-8-24(33)19-23)18-6-17-36(4)30(38)22-9-13-26(14-10-22)42-27-15-11-25(34)12-16-27/h5,7-16,19-20,29H,6,17-18H2,1-4H3,(H,35,40). The molecule has 0 radical (unpaired) electrons. The van der Waals surface area contributed by atoms with Crippen molar-refractivity contribution in [3.05, 3.63) is 106 Å². The van der Waals surface area contributed by atoms with Gasteiger partial charge in [-0.25, -0.2) is 14.0 Å². The molecule has 1 aliphatic rings. The highest BCUT2D eigenvalue weighted by Crippen LogP contribution is 2.35. The number of esters is 1. The number of urea groups is 1. The van der Waals surface area contributed by atoms with Gasteiger partial charge in [-0.15, -0.1) is 0 Å². The first-order valence-electron chi connectivity index (χ1n) is 13.6. The minimum atomic E-state index is -0.710. The van der Waals surface area contributed by atoms with Crippen LogP contribution in [0, 0.1) is 5.82 Å². The molecule has 1 aliphatic heterocycles. The maximum Gasteiger partial charge on any atom is 0.338 e. The molecular weight excluding hydrogens is 561 g/mol. The van der Waals surface area contributed by atoms with Crippen LogP contribution in [0.5, 0.6) is 11.5 Å². The van der Waals surface area contributed by atoms with Gasteiger partial charge in [0.05, 0.1) is 17.7 Å². The molecule has 220 valence electrons. The zero-order chi connectivity index (χ0) is 30.4.